The molecule has 114 valence electrons. The van der Waals surface area contributed by atoms with Gasteiger partial charge in [0.05, 0.1) is 20.6 Å². The zero-order valence-electron chi connectivity index (χ0n) is 12.4. The number of rotatable bonds is 5. The number of hydrogen-bond donors (Lipinski definition) is 2. The van der Waals surface area contributed by atoms with Gasteiger partial charge in [-0.1, -0.05) is 0 Å². The Labute approximate surface area is 127 Å². The van der Waals surface area contributed by atoms with Crippen molar-refractivity contribution >= 4 is 16.8 Å². The lowest BCUT2D eigenvalue weighted by atomic mass is 10.2. The van der Waals surface area contributed by atoms with Crippen molar-refractivity contribution in [3.8, 4) is 11.5 Å². The van der Waals surface area contributed by atoms with Gasteiger partial charge in [0.15, 0.2) is 0 Å². The Morgan fingerprint density at radius 1 is 1.27 bits per heavy atom. The summed E-state index contributed by atoms with van der Waals surface area (Å²) in [6.07, 6.45) is 3.87. The average Bonchev–Trinajstić information content (AvgIpc) is 3.16. The number of nitrogens with one attached hydrogen (secondary N) is 2. The number of ether oxygens (including phenoxy) is 2. The minimum atomic E-state index is -0.113. The summed E-state index contributed by atoms with van der Waals surface area (Å²) < 4.78 is 12.3. The van der Waals surface area contributed by atoms with E-state index >= 15 is 0 Å². The summed E-state index contributed by atoms with van der Waals surface area (Å²) in [5.74, 6) is 1.23. The molecule has 0 bridgehead atoms. The van der Waals surface area contributed by atoms with Crippen LogP contribution in [-0.4, -0.2) is 29.8 Å². The van der Waals surface area contributed by atoms with Crippen LogP contribution in [0.1, 0.15) is 5.69 Å². The number of carbonyl (C=O) groups is 1. The van der Waals surface area contributed by atoms with Crippen LogP contribution >= 0.6 is 0 Å². The fraction of sp³-hybridized carbons (Fsp3) is 0.188. The molecule has 0 radical (unpaired) electrons. The number of methoxy groups -OCH3 is 2. The Morgan fingerprint density at radius 2 is 2.14 bits per heavy atom. The Hall–Kier alpha value is -2.89. The molecule has 0 aliphatic rings. The van der Waals surface area contributed by atoms with E-state index in [1.165, 1.54) is 0 Å². The van der Waals surface area contributed by atoms with E-state index in [9.17, 15) is 4.79 Å². The van der Waals surface area contributed by atoms with Crippen LogP contribution in [0.25, 0.3) is 10.9 Å². The van der Waals surface area contributed by atoms with E-state index < -0.39 is 0 Å². The van der Waals surface area contributed by atoms with Crippen LogP contribution in [0.2, 0.25) is 0 Å². The van der Waals surface area contributed by atoms with Crippen molar-refractivity contribution in [2.45, 2.75) is 6.42 Å². The van der Waals surface area contributed by atoms with Crippen LogP contribution in [0.15, 0.2) is 42.7 Å². The lowest BCUT2D eigenvalue weighted by Crippen LogP contribution is -2.23. The average molecular weight is 299 g/mol. The third-order valence-corrected chi connectivity index (χ3v) is 3.44. The van der Waals surface area contributed by atoms with Gasteiger partial charge >= 0.3 is 0 Å². The van der Waals surface area contributed by atoms with E-state index in [-0.39, 0.29) is 12.3 Å². The molecule has 3 rings (SSSR count). The predicted molar refractivity (Wildman–Crippen MR) is 83.9 cm³/mol. The number of hydrogen-bond acceptors (Lipinski definition) is 3. The highest BCUT2D eigenvalue weighted by Gasteiger charge is 2.12. The van der Waals surface area contributed by atoms with E-state index in [2.05, 4.69) is 10.4 Å². The van der Waals surface area contributed by atoms with E-state index in [0.29, 0.717) is 11.5 Å². The molecule has 1 aromatic carbocycles. The summed E-state index contributed by atoms with van der Waals surface area (Å²) in [6, 6.07) is 9.32. The molecule has 6 nitrogen and oxygen atoms in total. The molecule has 0 aliphatic carbocycles. The third-order valence-electron chi connectivity index (χ3n) is 3.44. The second-order valence-corrected chi connectivity index (χ2v) is 4.86. The van der Waals surface area contributed by atoms with Gasteiger partial charge in [-0.05, 0) is 24.3 Å². The Bertz CT molecular complexity index is 790. The maximum atomic E-state index is 12.1. The number of benzene rings is 1. The number of fused-ring (bicyclic) bond motifs is 1. The fourth-order valence-electron chi connectivity index (χ4n) is 2.41. The largest absolute Gasteiger partial charge is 0.497 e. The summed E-state index contributed by atoms with van der Waals surface area (Å²) in [7, 11) is 3.20. The number of aromatic amines is 1. The van der Waals surface area contributed by atoms with Crippen molar-refractivity contribution in [3.63, 3.8) is 0 Å². The smallest absolute Gasteiger partial charge is 0.244 e. The molecule has 0 aliphatic heterocycles. The highest BCUT2D eigenvalue weighted by molar-refractivity contribution is 5.92. The first kappa shape index (κ1) is 14.1. The summed E-state index contributed by atoms with van der Waals surface area (Å²) >= 11 is 0. The van der Waals surface area contributed by atoms with E-state index in [1.807, 2.05) is 24.3 Å². The number of nitrogens with zero attached hydrogens (tertiary/aromatic N) is 1. The van der Waals surface area contributed by atoms with Crippen molar-refractivity contribution in [1.29, 1.82) is 0 Å². The van der Waals surface area contributed by atoms with Crippen LogP contribution in [-0.2, 0) is 11.2 Å². The van der Waals surface area contributed by atoms with Crippen LogP contribution < -0.4 is 14.9 Å². The molecule has 0 spiro atoms. The molecule has 6 heteroatoms. The van der Waals surface area contributed by atoms with Gasteiger partial charge < -0.3 is 14.5 Å². The summed E-state index contributed by atoms with van der Waals surface area (Å²) in [5, 5.41) is 0.927. The van der Waals surface area contributed by atoms with E-state index in [1.54, 1.807) is 37.4 Å². The molecule has 0 atom stereocenters. The summed E-state index contributed by atoms with van der Waals surface area (Å²) in [4.78, 5) is 15.1. The molecular weight excluding hydrogens is 282 g/mol. The SMILES string of the molecule is COc1cc(OC)c2c(ccn2NC(=O)Cc2ccc[nH]2)c1. The first-order valence-electron chi connectivity index (χ1n) is 6.86. The fourth-order valence-corrected chi connectivity index (χ4v) is 2.41. The van der Waals surface area contributed by atoms with Crippen LogP contribution in [0, 0.1) is 0 Å². The standard InChI is InChI=1S/C16H17N3O3/c1-21-13-8-11-5-7-19(16(11)14(10-13)22-2)18-15(20)9-12-4-3-6-17-12/h3-8,10,17H,9H2,1-2H3,(H,18,20). The quantitative estimate of drug-likeness (QED) is 0.759. The van der Waals surface area contributed by atoms with Crippen LogP contribution in [0.3, 0.4) is 0 Å². The highest BCUT2D eigenvalue weighted by atomic mass is 16.5. The first-order valence-corrected chi connectivity index (χ1v) is 6.86. The molecule has 3 aromatic rings. The Balaban J connectivity index is 1.89. The zero-order valence-corrected chi connectivity index (χ0v) is 12.4. The zero-order chi connectivity index (χ0) is 15.5. The number of amides is 1. The molecule has 1 amide bonds. The van der Waals surface area contributed by atoms with Gasteiger partial charge in [0.25, 0.3) is 0 Å². The molecule has 22 heavy (non-hydrogen) atoms. The number of carbonyl (C=O) groups excluding carboxylic acids is 1. The van der Waals surface area contributed by atoms with Crippen LogP contribution in [0.5, 0.6) is 11.5 Å². The van der Waals surface area contributed by atoms with Crippen molar-refractivity contribution in [3.05, 3.63) is 48.4 Å². The normalized spacial score (nSPS) is 10.6. The molecule has 0 unspecified atom stereocenters. The minimum absolute atomic E-state index is 0.113. The maximum Gasteiger partial charge on any atom is 0.244 e. The summed E-state index contributed by atoms with van der Waals surface area (Å²) in [6.45, 7) is 0. The van der Waals surface area contributed by atoms with E-state index in [4.69, 9.17) is 9.47 Å². The maximum absolute atomic E-state index is 12.1. The molecule has 0 saturated carbocycles. The van der Waals surface area contributed by atoms with Gasteiger partial charge in [0, 0.05) is 29.5 Å². The highest BCUT2D eigenvalue weighted by Crippen LogP contribution is 2.31. The summed E-state index contributed by atoms with van der Waals surface area (Å²) in [5.41, 5.74) is 4.51. The Morgan fingerprint density at radius 3 is 2.82 bits per heavy atom. The van der Waals surface area contributed by atoms with Crippen LogP contribution in [0.4, 0.5) is 0 Å². The first-order chi connectivity index (χ1) is 10.7. The lowest BCUT2D eigenvalue weighted by Gasteiger charge is -2.11. The molecule has 2 aromatic heterocycles. The van der Waals surface area contributed by atoms with Crippen molar-refractivity contribution in [2.24, 2.45) is 0 Å². The monoisotopic (exact) mass is 299 g/mol. The topological polar surface area (TPSA) is 68.3 Å². The molecule has 0 fully saturated rings. The molecule has 2 heterocycles. The number of aromatic nitrogens is 2. The van der Waals surface area contributed by atoms with Gasteiger partial charge in [-0.2, -0.15) is 0 Å². The second kappa shape index (κ2) is 5.85. The van der Waals surface area contributed by atoms with Gasteiger partial charge in [-0.15, -0.1) is 0 Å². The Kier molecular flexibility index (Phi) is 3.74. The van der Waals surface area contributed by atoms with E-state index in [0.717, 1.165) is 16.6 Å². The van der Waals surface area contributed by atoms with Crippen molar-refractivity contribution < 1.29 is 14.3 Å². The molecular formula is C16H17N3O3. The third kappa shape index (κ3) is 2.63. The van der Waals surface area contributed by atoms with Crippen molar-refractivity contribution in [2.75, 3.05) is 19.6 Å². The minimum Gasteiger partial charge on any atom is -0.497 e. The van der Waals surface area contributed by atoms with Gasteiger partial charge in [-0.25, -0.2) is 0 Å². The molecule has 0 saturated heterocycles. The van der Waals surface area contributed by atoms with Crippen molar-refractivity contribution in [1.82, 2.24) is 9.66 Å². The van der Waals surface area contributed by atoms with Gasteiger partial charge in [0.1, 0.15) is 17.0 Å². The predicted octanol–water partition coefficient (Wildman–Crippen LogP) is 2.30. The molecule has 2 N–H and O–H groups in total. The number of H-pyrrole nitrogens is 1. The van der Waals surface area contributed by atoms with Gasteiger partial charge in [-0.3, -0.25) is 14.9 Å². The second-order valence-electron chi connectivity index (χ2n) is 4.86. The lowest BCUT2D eigenvalue weighted by molar-refractivity contribution is -0.116. The van der Waals surface area contributed by atoms with Gasteiger partial charge in [0.2, 0.25) is 5.91 Å².